The lowest BCUT2D eigenvalue weighted by Crippen LogP contribution is -2.16. The Kier molecular flexibility index (Phi) is 4.80. The van der Waals surface area contributed by atoms with E-state index in [1.165, 1.54) is 30.6 Å². The maximum absolute atomic E-state index is 12.6. The minimum Gasteiger partial charge on any atom is -0.497 e. The molecule has 24 heavy (non-hydrogen) atoms. The van der Waals surface area contributed by atoms with E-state index >= 15 is 0 Å². The second-order valence-electron chi connectivity index (χ2n) is 4.98. The van der Waals surface area contributed by atoms with E-state index in [1.807, 2.05) is 29.7 Å². The molecule has 0 bridgehead atoms. The summed E-state index contributed by atoms with van der Waals surface area (Å²) >= 11 is 4.79. The molecule has 0 aliphatic rings. The number of hydrogen-bond donors (Lipinski definition) is 0. The number of halogens is 1. The van der Waals surface area contributed by atoms with Crippen molar-refractivity contribution in [2.75, 3.05) is 7.11 Å². The number of nitrogens with zero attached hydrogens (tertiary/aromatic N) is 2. The van der Waals surface area contributed by atoms with Crippen LogP contribution in [0.2, 0.25) is 0 Å². The van der Waals surface area contributed by atoms with Crippen LogP contribution in [0.1, 0.15) is 6.92 Å². The molecule has 0 unspecified atom stereocenters. The third kappa shape index (κ3) is 3.26. The van der Waals surface area contributed by atoms with Gasteiger partial charge in [-0.05, 0) is 49.4 Å². The van der Waals surface area contributed by atoms with Gasteiger partial charge in [0, 0.05) is 11.0 Å². The molecule has 8 heteroatoms. The van der Waals surface area contributed by atoms with Crippen LogP contribution < -0.4 is 9.54 Å². The summed E-state index contributed by atoms with van der Waals surface area (Å²) in [4.78, 5) is 0.603. The fraction of sp³-hybridized carbons (Fsp3) is 0.188. The van der Waals surface area contributed by atoms with E-state index in [-0.39, 0.29) is 4.90 Å². The molecule has 0 aliphatic carbocycles. The smallest absolute Gasteiger partial charge is 0.285 e. The van der Waals surface area contributed by atoms with E-state index in [0.717, 1.165) is 14.7 Å². The van der Waals surface area contributed by atoms with Gasteiger partial charge in [0.05, 0.1) is 22.2 Å². The zero-order valence-corrected chi connectivity index (χ0v) is 16.3. The standard InChI is InChI=1S/C16H15BrN2O3S2/c1-3-19-14-9-4-11(17)10-15(14)23-16(19)18-24(20,21)13-7-5-12(22-2)6-8-13/h4-10H,3H2,1-2H3/b18-16-. The third-order valence-electron chi connectivity index (χ3n) is 3.52. The summed E-state index contributed by atoms with van der Waals surface area (Å²) in [6.07, 6.45) is 0. The summed E-state index contributed by atoms with van der Waals surface area (Å²) in [7, 11) is -2.25. The number of aryl methyl sites for hydroxylation is 1. The number of hydrogen-bond acceptors (Lipinski definition) is 4. The van der Waals surface area contributed by atoms with E-state index in [4.69, 9.17) is 4.74 Å². The second-order valence-corrected chi connectivity index (χ2v) is 8.51. The van der Waals surface area contributed by atoms with Crippen LogP contribution in [-0.4, -0.2) is 20.1 Å². The summed E-state index contributed by atoms with van der Waals surface area (Å²) < 4.78 is 38.1. The molecule has 1 heterocycles. The molecule has 0 radical (unpaired) electrons. The van der Waals surface area contributed by atoms with Gasteiger partial charge in [-0.2, -0.15) is 8.42 Å². The molecule has 5 nitrogen and oxygen atoms in total. The van der Waals surface area contributed by atoms with Crippen LogP contribution in [-0.2, 0) is 16.6 Å². The third-order valence-corrected chi connectivity index (χ3v) is 6.45. The lowest BCUT2D eigenvalue weighted by atomic mass is 10.3. The van der Waals surface area contributed by atoms with Crippen molar-refractivity contribution in [3.05, 3.63) is 51.7 Å². The number of sulfonamides is 1. The Labute approximate surface area is 152 Å². The highest BCUT2D eigenvalue weighted by Gasteiger charge is 2.14. The molecule has 0 N–H and O–H groups in total. The van der Waals surface area contributed by atoms with Gasteiger partial charge in [-0.15, -0.1) is 4.40 Å². The van der Waals surface area contributed by atoms with Gasteiger partial charge in [0.2, 0.25) is 4.80 Å². The van der Waals surface area contributed by atoms with Crippen LogP contribution in [0, 0.1) is 0 Å². The Balaban J connectivity index is 2.17. The molecule has 126 valence electrons. The topological polar surface area (TPSA) is 60.7 Å². The van der Waals surface area contributed by atoms with Crippen LogP contribution in [0.15, 0.2) is 56.2 Å². The molecule has 0 atom stereocenters. The first-order valence-corrected chi connectivity index (χ1v) is 10.2. The van der Waals surface area contributed by atoms with E-state index < -0.39 is 10.0 Å². The average Bonchev–Trinajstić information content (AvgIpc) is 2.90. The molecule has 0 amide bonds. The molecule has 0 saturated heterocycles. The van der Waals surface area contributed by atoms with E-state index in [1.54, 1.807) is 12.1 Å². The van der Waals surface area contributed by atoms with Gasteiger partial charge in [-0.1, -0.05) is 27.3 Å². The first-order chi connectivity index (χ1) is 11.4. The highest BCUT2D eigenvalue weighted by atomic mass is 79.9. The summed E-state index contributed by atoms with van der Waals surface area (Å²) in [5.74, 6) is 0.601. The van der Waals surface area contributed by atoms with E-state index in [2.05, 4.69) is 20.3 Å². The van der Waals surface area contributed by atoms with Crippen LogP contribution in [0.4, 0.5) is 0 Å². The SMILES string of the molecule is CCn1/c(=N/S(=O)(=O)c2ccc(OC)cc2)sc2cc(Br)ccc21. The number of ether oxygens (including phenoxy) is 1. The first kappa shape index (κ1) is 17.2. The van der Waals surface area contributed by atoms with E-state index in [9.17, 15) is 8.42 Å². The highest BCUT2D eigenvalue weighted by Crippen LogP contribution is 2.23. The predicted molar refractivity (Wildman–Crippen MR) is 98.9 cm³/mol. The van der Waals surface area contributed by atoms with Crippen molar-refractivity contribution in [3.8, 4) is 5.75 Å². The summed E-state index contributed by atoms with van der Waals surface area (Å²) in [6, 6.07) is 12.1. The molecule has 0 spiro atoms. The number of methoxy groups -OCH3 is 1. The lowest BCUT2D eigenvalue weighted by Gasteiger charge is -2.02. The second kappa shape index (κ2) is 6.70. The maximum Gasteiger partial charge on any atom is 0.285 e. The number of thiazole rings is 1. The van der Waals surface area contributed by atoms with Crippen LogP contribution in [0.3, 0.4) is 0 Å². The van der Waals surface area contributed by atoms with Crippen molar-refractivity contribution in [2.45, 2.75) is 18.4 Å². The number of fused-ring (bicyclic) bond motifs is 1. The van der Waals surface area contributed by atoms with Crippen LogP contribution >= 0.6 is 27.3 Å². The van der Waals surface area contributed by atoms with Gasteiger partial charge in [0.25, 0.3) is 10.0 Å². The van der Waals surface area contributed by atoms with Crippen molar-refractivity contribution in [3.63, 3.8) is 0 Å². The Hall–Kier alpha value is -1.64. The highest BCUT2D eigenvalue weighted by molar-refractivity contribution is 9.10. The molecule has 0 aliphatic heterocycles. The molecular weight excluding hydrogens is 412 g/mol. The Morgan fingerprint density at radius 1 is 1.21 bits per heavy atom. The molecule has 0 saturated carbocycles. The molecular formula is C16H15BrN2O3S2. The molecule has 3 aromatic rings. The zero-order valence-electron chi connectivity index (χ0n) is 13.1. The first-order valence-electron chi connectivity index (χ1n) is 7.18. The minimum atomic E-state index is -3.78. The van der Waals surface area contributed by atoms with Gasteiger partial charge in [0.15, 0.2) is 0 Å². The van der Waals surface area contributed by atoms with Gasteiger partial charge in [0.1, 0.15) is 5.75 Å². The Bertz CT molecular complexity index is 1050. The van der Waals surface area contributed by atoms with Crippen molar-refractivity contribution >= 4 is 47.5 Å². The van der Waals surface area contributed by atoms with Crippen LogP contribution in [0.25, 0.3) is 10.2 Å². The Morgan fingerprint density at radius 2 is 1.92 bits per heavy atom. The zero-order chi connectivity index (χ0) is 17.3. The van der Waals surface area contributed by atoms with Gasteiger partial charge >= 0.3 is 0 Å². The molecule has 1 aromatic heterocycles. The quantitative estimate of drug-likeness (QED) is 0.637. The van der Waals surface area contributed by atoms with Crippen molar-refractivity contribution < 1.29 is 13.2 Å². The monoisotopic (exact) mass is 426 g/mol. The molecule has 0 fully saturated rings. The van der Waals surface area contributed by atoms with Gasteiger partial charge < -0.3 is 9.30 Å². The largest absolute Gasteiger partial charge is 0.497 e. The fourth-order valence-corrected chi connectivity index (χ4v) is 5.17. The Morgan fingerprint density at radius 3 is 2.54 bits per heavy atom. The molecule has 3 rings (SSSR count). The summed E-state index contributed by atoms with van der Waals surface area (Å²) in [6.45, 7) is 2.60. The van der Waals surface area contributed by atoms with Gasteiger partial charge in [-0.3, -0.25) is 0 Å². The van der Waals surface area contributed by atoms with Crippen molar-refractivity contribution in [1.82, 2.24) is 4.57 Å². The summed E-state index contributed by atoms with van der Waals surface area (Å²) in [5, 5.41) is 0. The van der Waals surface area contributed by atoms with E-state index in [0.29, 0.717) is 17.1 Å². The van der Waals surface area contributed by atoms with Crippen LogP contribution in [0.5, 0.6) is 5.75 Å². The number of rotatable bonds is 4. The number of aromatic nitrogens is 1. The normalized spacial score (nSPS) is 12.7. The van der Waals surface area contributed by atoms with Crippen molar-refractivity contribution in [2.24, 2.45) is 4.40 Å². The predicted octanol–water partition coefficient (Wildman–Crippen LogP) is 3.78. The van der Waals surface area contributed by atoms with Crippen molar-refractivity contribution in [1.29, 1.82) is 0 Å². The number of benzene rings is 2. The average molecular weight is 427 g/mol. The summed E-state index contributed by atoms with van der Waals surface area (Å²) in [5.41, 5.74) is 0.967. The molecule has 2 aromatic carbocycles. The maximum atomic E-state index is 12.6. The minimum absolute atomic E-state index is 0.143. The van der Waals surface area contributed by atoms with Gasteiger partial charge in [-0.25, -0.2) is 0 Å². The lowest BCUT2D eigenvalue weighted by molar-refractivity contribution is 0.414. The fourth-order valence-electron chi connectivity index (χ4n) is 2.33.